The highest BCUT2D eigenvalue weighted by atomic mass is 35.5. The number of rotatable bonds is 4. The quantitative estimate of drug-likeness (QED) is 0.746. The summed E-state index contributed by atoms with van der Waals surface area (Å²) in [6.45, 7) is 0.825. The Morgan fingerprint density at radius 3 is 2.85 bits per heavy atom. The lowest BCUT2D eigenvalue weighted by Gasteiger charge is -2.05. The maximum Gasteiger partial charge on any atom is 0.155 e. The topological polar surface area (TPSA) is 24.9 Å². The number of nitrogens with one attached hydrogen (secondary N) is 1. The molecule has 0 aliphatic rings. The molecule has 0 atom stereocenters. The van der Waals surface area contributed by atoms with E-state index in [2.05, 4.69) is 28.5 Å². The van der Waals surface area contributed by atoms with Crippen LogP contribution in [0.4, 0.5) is 0 Å². The third kappa shape index (κ3) is 2.99. The molecular weight excluding hydrogens is 308 g/mol. The molecule has 0 radical (unpaired) electrons. The largest absolute Gasteiger partial charge is 0.316 e. The first-order valence-electron chi connectivity index (χ1n) is 6.23. The first-order chi connectivity index (χ1) is 9.76. The number of hydrogen-bond donors (Lipinski definition) is 1. The minimum atomic E-state index is 0.780. The fourth-order valence-electron chi connectivity index (χ4n) is 1.93. The van der Waals surface area contributed by atoms with Crippen molar-refractivity contribution in [3.63, 3.8) is 0 Å². The van der Waals surface area contributed by atoms with Crippen LogP contribution in [0.25, 0.3) is 10.2 Å². The van der Waals surface area contributed by atoms with Gasteiger partial charge in [-0.05, 0) is 36.9 Å². The van der Waals surface area contributed by atoms with E-state index in [-0.39, 0.29) is 0 Å². The fourth-order valence-corrected chi connectivity index (χ4v) is 4.28. The number of nitrogens with zero attached hydrogens (tertiary/aromatic N) is 1. The van der Waals surface area contributed by atoms with E-state index in [1.807, 2.05) is 31.3 Å². The van der Waals surface area contributed by atoms with Gasteiger partial charge in [-0.2, -0.15) is 0 Å². The van der Waals surface area contributed by atoms with E-state index in [4.69, 9.17) is 11.6 Å². The first-order valence-corrected chi connectivity index (χ1v) is 8.24. The third-order valence-electron chi connectivity index (χ3n) is 2.85. The summed E-state index contributed by atoms with van der Waals surface area (Å²) in [7, 11) is 1.93. The van der Waals surface area contributed by atoms with Crippen LogP contribution in [0.15, 0.2) is 51.7 Å². The Morgan fingerprint density at radius 2 is 2.10 bits per heavy atom. The van der Waals surface area contributed by atoms with Crippen LogP contribution in [0.3, 0.4) is 0 Å². The van der Waals surface area contributed by atoms with Gasteiger partial charge in [0.05, 0.1) is 15.2 Å². The summed E-state index contributed by atoms with van der Waals surface area (Å²) in [6.07, 6.45) is 0. The summed E-state index contributed by atoms with van der Waals surface area (Å²) in [5.74, 6) is 0. The van der Waals surface area contributed by atoms with Crippen LogP contribution in [0, 0.1) is 0 Å². The van der Waals surface area contributed by atoms with Crippen LogP contribution in [0.5, 0.6) is 0 Å². The number of hydrogen-bond acceptors (Lipinski definition) is 4. The lowest BCUT2D eigenvalue weighted by atomic mass is 10.2. The highest BCUT2D eigenvalue weighted by Gasteiger charge is 2.08. The van der Waals surface area contributed by atoms with Gasteiger partial charge in [-0.25, -0.2) is 4.98 Å². The van der Waals surface area contributed by atoms with Crippen LogP contribution in [-0.4, -0.2) is 12.0 Å². The van der Waals surface area contributed by atoms with Crippen molar-refractivity contribution in [1.82, 2.24) is 10.3 Å². The molecule has 3 rings (SSSR count). The minimum absolute atomic E-state index is 0.780. The number of fused-ring (bicyclic) bond motifs is 1. The zero-order valence-corrected chi connectivity index (χ0v) is 13.3. The molecule has 102 valence electrons. The fraction of sp³-hybridized carbons (Fsp3) is 0.133. The smallest absolute Gasteiger partial charge is 0.155 e. The van der Waals surface area contributed by atoms with E-state index in [0.717, 1.165) is 26.3 Å². The van der Waals surface area contributed by atoms with Gasteiger partial charge in [-0.1, -0.05) is 41.6 Å². The zero-order chi connectivity index (χ0) is 13.9. The second-order valence-corrected chi connectivity index (χ2v) is 7.07. The van der Waals surface area contributed by atoms with Gasteiger partial charge in [0.15, 0.2) is 4.34 Å². The highest BCUT2D eigenvalue weighted by molar-refractivity contribution is 8.01. The predicted octanol–water partition coefficient (Wildman–Crippen LogP) is 4.82. The molecule has 1 heterocycles. The second kappa shape index (κ2) is 6.14. The van der Waals surface area contributed by atoms with Gasteiger partial charge < -0.3 is 5.32 Å². The van der Waals surface area contributed by atoms with E-state index >= 15 is 0 Å². The van der Waals surface area contributed by atoms with Gasteiger partial charge in [-0.15, -0.1) is 11.3 Å². The summed E-state index contributed by atoms with van der Waals surface area (Å²) in [5, 5.41) is 3.90. The van der Waals surface area contributed by atoms with Crippen LogP contribution < -0.4 is 5.32 Å². The number of thiazole rings is 1. The van der Waals surface area contributed by atoms with E-state index in [9.17, 15) is 0 Å². The van der Waals surface area contributed by atoms with Crippen molar-refractivity contribution < 1.29 is 0 Å². The van der Waals surface area contributed by atoms with Crippen LogP contribution in [-0.2, 0) is 6.54 Å². The average molecular weight is 321 g/mol. The lowest BCUT2D eigenvalue weighted by molar-refractivity contribution is 0.817. The van der Waals surface area contributed by atoms with Crippen molar-refractivity contribution in [3.8, 4) is 0 Å². The Kier molecular flexibility index (Phi) is 4.27. The Bertz CT molecular complexity index is 707. The monoisotopic (exact) mass is 320 g/mol. The molecule has 0 aliphatic carbocycles. The Morgan fingerprint density at radius 1 is 1.25 bits per heavy atom. The van der Waals surface area contributed by atoms with Gasteiger partial charge in [0.25, 0.3) is 0 Å². The number of aromatic nitrogens is 1. The molecule has 1 N–H and O–H groups in total. The molecule has 2 aromatic carbocycles. The number of para-hydroxylation sites is 1. The Balaban J connectivity index is 1.86. The molecule has 0 saturated carbocycles. The maximum atomic E-state index is 6.34. The number of benzene rings is 2. The normalized spacial score (nSPS) is 11.1. The Hall–Kier alpha value is -1.07. The van der Waals surface area contributed by atoms with Gasteiger partial charge in [0.1, 0.15) is 0 Å². The molecule has 0 bridgehead atoms. The summed E-state index contributed by atoms with van der Waals surface area (Å²) in [6, 6.07) is 14.3. The van der Waals surface area contributed by atoms with E-state index in [0.29, 0.717) is 0 Å². The second-order valence-electron chi connectivity index (χ2n) is 4.34. The van der Waals surface area contributed by atoms with Crippen molar-refractivity contribution in [2.24, 2.45) is 0 Å². The van der Waals surface area contributed by atoms with E-state index in [1.54, 1.807) is 23.1 Å². The molecule has 0 amide bonds. The van der Waals surface area contributed by atoms with Crippen molar-refractivity contribution in [1.29, 1.82) is 0 Å². The van der Waals surface area contributed by atoms with Gasteiger partial charge >= 0.3 is 0 Å². The highest BCUT2D eigenvalue weighted by Crippen LogP contribution is 2.37. The minimum Gasteiger partial charge on any atom is -0.316 e. The molecular formula is C15H13ClN2S2. The molecule has 0 spiro atoms. The molecule has 0 fully saturated rings. The van der Waals surface area contributed by atoms with Crippen molar-refractivity contribution in [2.75, 3.05) is 7.05 Å². The summed E-state index contributed by atoms with van der Waals surface area (Å²) < 4.78 is 2.23. The number of halogens is 1. The predicted molar refractivity (Wildman–Crippen MR) is 88.0 cm³/mol. The summed E-state index contributed by atoms with van der Waals surface area (Å²) in [5.41, 5.74) is 2.23. The molecule has 5 heteroatoms. The van der Waals surface area contributed by atoms with Crippen molar-refractivity contribution >= 4 is 44.9 Å². The molecule has 3 aromatic rings. The van der Waals surface area contributed by atoms with E-state index < -0.39 is 0 Å². The molecule has 0 saturated heterocycles. The molecule has 0 aliphatic heterocycles. The summed E-state index contributed by atoms with van der Waals surface area (Å²) >= 11 is 9.66. The van der Waals surface area contributed by atoms with Crippen LogP contribution in [0.1, 0.15) is 5.56 Å². The molecule has 1 aromatic heterocycles. The van der Waals surface area contributed by atoms with E-state index in [1.165, 1.54) is 10.3 Å². The Labute approximate surface area is 131 Å². The molecule has 20 heavy (non-hydrogen) atoms. The summed E-state index contributed by atoms with van der Waals surface area (Å²) in [4.78, 5) is 5.67. The average Bonchev–Trinajstić information content (AvgIpc) is 2.84. The molecule has 0 unspecified atom stereocenters. The lowest BCUT2D eigenvalue weighted by Crippen LogP contribution is -2.04. The van der Waals surface area contributed by atoms with Crippen molar-refractivity contribution in [3.05, 3.63) is 53.1 Å². The molecule has 2 nitrogen and oxygen atoms in total. The van der Waals surface area contributed by atoms with Crippen LogP contribution in [0.2, 0.25) is 5.02 Å². The SMILES string of the molecule is CNCc1ccc(Sc2nc3ccccc3s2)c(Cl)c1. The van der Waals surface area contributed by atoms with Gasteiger partial charge in [0, 0.05) is 11.4 Å². The van der Waals surface area contributed by atoms with Gasteiger partial charge in [-0.3, -0.25) is 0 Å². The maximum absolute atomic E-state index is 6.34. The zero-order valence-electron chi connectivity index (χ0n) is 10.9. The third-order valence-corrected chi connectivity index (χ3v) is 5.45. The van der Waals surface area contributed by atoms with Gasteiger partial charge in [0.2, 0.25) is 0 Å². The van der Waals surface area contributed by atoms with Crippen LogP contribution >= 0.6 is 34.7 Å². The standard InChI is InChI=1S/C15H13ClN2S2/c1-17-9-10-6-7-13(11(16)8-10)19-15-18-12-4-2-3-5-14(12)20-15/h2-8,17H,9H2,1H3. The first kappa shape index (κ1) is 13.9. The van der Waals surface area contributed by atoms with Crippen molar-refractivity contribution in [2.45, 2.75) is 15.8 Å².